The second kappa shape index (κ2) is 7.72. The predicted molar refractivity (Wildman–Crippen MR) is 96.3 cm³/mol. The van der Waals surface area contributed by atoms with Crippen molar-refractivity contribution in [3.63, 3.8) is 0 Å². The van der Waals surface area contributed by atoms with Crippen molar-refractivity contribution in [1.29, 1.82) is 0 Å². The van der Waals surface area contributed by atoms with Crippen molar-refractivity contribution in [3.05, 3.63) is 52.4 Å². The maximum Gasteiger partial charge on any atom is 0.335 e. The Balaban J connectivity index is 1.60. The number of hydrogen-bond donors (Lipinski definition) is 1. The van der Waals surface area contributed by atoms with Crippen LogP contribution in [0.2, 0.25) is 0 Å². The molecule has 1 aliphatic rings. The SMILES string of the molecule is Cc1noc(C)c1CCC(=O)N1CCC[C@@H](c2ccc(C(=O)O)cc2)C1. The summed E-state index contributed by atoms with van der Waals surface area (Å²) in [7, 11) is 0. The molecule has 0 radical (unpaired) electrons. The Labute approximate surface area is 152 Å². The van der Waals surface area contributed by atoms with Gasteiger partial charge in [-0.05, 0) is 50.8 Å². The standard InChI is InChI=1S/C20H24N2O4/c1-13-18(14(2)26-21-13)9-10-19(23)22-11-3-4-17(12-22)15-5-7-16(8-6-15)20(24)25/h5-8,17H,3-4,9-12H2,1-2H3,(H,24,25)/t17-/m1/s1. The Morgan fingerprint density at radius 2 is 2.00 bits per heavy atom. The molecule has 1 atom stereocenters. The quantitative estimate of drug-likeness (QED) is 0.888. The molecule has 1 N–H and O–H groups in total. The highest BCUT2D eigenvalue weighted by molar-refractivity contribution is 5.87. The van der Waals surface area contributed by atoms with Crippen molar-refractivity contribution >= 4 is 11.9 Å². The van der Waals surface area contributed by atoms with Crippen LogP contribution in [0.4, 0.5) is 0 Å². The summed E-state index contributed by atoms with van der Waals surface area (Å²) in [5, 5.41) is 12.9. The lowest BCUT2D eigenvalue weighted by Gasteiger charge is -2.33. The topological polar surface area (TPSA) is 83.6 Å². The van der Waals surface area contributed by atoms with Crippen molar-refractivity contribution < 1.29 is 19.2 Å². The highest BCUT2D eigenvalue weighted by atomic mass is 16.5. The molecule has 1 aromatic carbocycles. The smallest absolute Gasteiger partial charge is 0.335 e. The van der Waals surface area contributed by atoms with Crippen LogP contribution in [0, 0.1) is 13.8 Å². The largest absolute Gasteiger partial charge is 0.478 e. The number of hydrogen-bond acceptors (Lipinski definition) is 4. The highest BCUT2D eigenvalue weighted by Crippen LogP contribution is 2.28. The van der Waals surface area contributed by atoms with Gasteiger partial charge in [-0.2, -0.15) is 0 Å². The molecule has 2 aromatic rings. The number of carbonyl (C=O) groups excluding carboxylic acids is 1. The van der Waals surface area contributed by atoms with Gasteiger partial charge in [0.1, 0.15) is 5.76 Å². The Morgan fingerprint density at radius 3 is 2.62 bits per heavy atom. The van der Waals surface area contributed by atoms with Gasteiger partial charge >= 0.3 is 5.97 Å². The molecule has 1 fully saturated rings. The monoisotopic (exact) mass is 356 g/mol. The first-order valence-electron chi connectivity index (χ1n) is 8.98. The zero-order chi connectivity index (χ0) is 18.7. The van der Waals surface area contributed by atoms with Crippen molar-refractivity contribution in [2.24, 2.45) is 0 Å². The third-order valence-corrected chi connectivity index (χ3v) is 5.17. The van der Waals surface area contributed by atoms with E-state index in [1.165, 1.54) is 0 Å². The van der Waals surface area contributed by atoms with E-state index in [4.69, 9.17) is 9.63 Å². The van der Waals surface area contributed by atoms with E-state index in [2.05, 4.69) is 5.16 Å². The van der Waals surface area contributed by atoms with Gasteiger partial charge in [-0.1, -0.05) is 17.3 Å². The second-order valence-corrected chi connectivity index (χ2v) is 6.91. The lowest BCUT2D eigenvalue weighted by Crippen LogP contribution is -2.39. The van der Waals surface area contributed by atoms with Gasteiger partial charge < -0.3 is 14.5 Å². The maximum absolute atomic E-state index is 12.6. The van der Waals surface area contributed by atoms with E-state index in [0.717, 1.165) is 42.0 Å². The summed E-state index contributed by atoms with van der Waals surface area (Å²) in [4.78, 5) is 25.5. The van der Waals surface area contributed by atoms with Gasteiger partial charge in [0.05, 0.1) is 11.3 Å². The molecule has 26 heavy (non-hydrogen) atoms. The molecule has 0 unspecified atom stereocenters. The van der Waals surface area contributed by atoms with E-state index in [1.807, 2.05) is 30.9 Å². The average Bonchev–Trinajstić information content (AvgIpc) is 2.97. The summed E-state index contributed by atoms with van der Waals surface area (Å²) in [6, 6.07) is 7.00. The molecule has 1 saturated heterocycles. The number of likely N-dealkylation sites (tertiary alicyclic amines) is 1. The average molecular weight is 356 g/mol. The van der Waals surface area contributed by atoms with Gasteiger partial charge in [0, 0.05) is 31.0 Å². The van der Waals surface area contributed by atoms with Crippen molar-refractivity contribution in [1.82, 2.24) is 10.1 Å². The van der Waals surface area contributed by atoms with Crippen LogP contribution < -0.4 is 0 Å². The van der Waals surface area contributed by atoms with Gasteiger partial charge in [-0.3, -0.25) is 4.79 Å². The predicted octanol–water partition coefficient (Wildman–Crippen LogP) is 3.33. The highest BCUT2D eigenvalue weighted by Gasteiger charge is 2.25. The molecule has 0 spiro atoms. The Bertz CT molecular complexity index is 775. The molecule has 3 rings (SSSR count). The molecule has 1 aromatic heterocycles. The van der Waals surface area contributed by atoms with Crippen molar-refractivity contribution in [2.45, 2.75) is 45.4 Å². The lowest BCUT2D eigenvalue weighted by atomic mass is 9.90. The van der Waals surface area contributed by atoms with Crippen LogP contribution in [0.25, 0.3) is 0 Å². The van der Waals surface area contributed by atoms with Crippen molar-refractivity contribution in [2.75, 3.05) is 13.1 Å². The molecule has 1 amide bonds. The Kier molecular flexibility index (Phi) is 5.40. The van der Waals surface area contributed by atoms with E-state index in [9.17, 15) is 9.59 Å². The van der Waals surface area contributed by atoms with Crippen LogP contribution in [0.5, 0.6) is 0 Å². The molecular weight excluding hydrogens is 332 g/mol. The normalized spacial score (nSPS) is 17.3. The van der Waals surface area contributed by atoms with Crippen LogP contribution in [-0.4, -0.2) is 40.1 Å². The second-order valence-electron chi connectivity index (χ2n) is 6.91. The Hall–Kier alpha value is -2.63. The summed E-state index contributed by atoms with van der Waals surface area (Å²) in [6.45, 7) is 5.24. The number of carboxylic acid groups (broad SMARTS) is 1. The summed E-state index contributed by atoms with van der Waals surface area (Å²) in [5.74, 6) is 0.271. The summed E-state index contributed by atoms with van der Waals surface area (Å²) >= 11 is 0. The van der Waals surface area contributed by atoms with Crippen molar-refractivity contribution in [3.8, 4) is 0 Å². The number of aromatic carboxylic acids is 1. The fraction of sp³-hybridized carbons (Fsp3) is 0.450. The third-order valence-electron chi connectivity index (χ3n) is 5.17. The van der Waals surface area contributed by atoms with Gasteiger partial charge in [0.25, 0.3) is 0 Å². The molecule has 2 heterocycles. The number of piperidine rings is 1. The van der Waals surface area contributed by atoms with Crippen LogP contribution >= 0.6 is 0 Å². The fourth-order valence-corrected chi connectivity index (χ4v) is 3.62. The molecule has 0 aliphatic carbocycles. The first-order valence-corrected chi connectivity index (χ1v) is 8.98. The zero-order valence-electron chi connectivity index (χ0n) is 15.2. The van der Waals surface area contributed by atoms with E-state index in [1.54, 1.807) is 12.1 Å². The van der Waals surface area contributed by atoms with Crippen LogP contribution in [-0.2, 0) is 11.2 Å². The summed E-state index contributed by atoms with van der Waals surface area (Å²) in [6.07, 6.45) is 3.07. The van der Waals surface area contributed by atoms with Gasteiger partial charge in [-0.25, -0.2) is 4.79 Å². The third kappa shape index (κ3) is 3.95. The Morgan fingerprint density at radius 1 is 1.27 bits per heavy atom. The summed E-state index contributed by atoms with van der Waals surface area (Å²) in [5.41, 5.74) is 3.26. The number of carbonyl (C=O) groups is 2. The van der Waals surface area contributed by atoms with E-state index in [0.29, 0.717) is 19.4 Å². The molecule has 1 aliphatic heterocycles. The van der Waals surface area contributed by atoms with Gasteiger partial charge in [0.15, 0.2) is 0 Å². The molecule has 0 saturated carbocycles. The fourth-order valence-electron chi connectivity index (χ4n) is 3.62. The number of aromatic nitrogens is 1. The molecule has 6 heteroatoms. The van der Waals surface area contributed by atoms with E-state index in [-0.39, 0.29) is 17.4 Å². The number of amides is 1. The molecule has 0 bridgehead atoms. The number of rotatable bonds is 5. The van der Waals surface area contributed by atoms with E-state index >= 15 is 0 Å². The lowest BCUT2D eigenvalue weighted by molar-refractivity contribution is -0.132. The molecule has 6 nitrogen and oxygen atoms in total. The van der Waals surface area contributed by atoms with Gasteiger partial charge in [0.2, 0.25) is 5.91 Å². The minimum Gasteiger partial charge on any atom is -0.478 e. The van der Waals surface area contributed by atoms with Crippen LogP contribution in [0.15, 0.2) is 28.8 Å². The zero-order valence-corrected chi connectivity index (χ0v) is 15.2. The van der Waals surface area contributed by atoms with Crippen LogP contribution in [0.1, 0.15) is 58.1 Å². The first kappa shape index (κ1) is 18.2. The number of aryl methyl sites for hydroxylation is 2. The summed E-state index contributed by atoms with van der Waals surface area (Å²) < 4.78 is 5.16. The minimum absolute atomic E-state index is 0.150. The number of benzene rings is 1. The molecular formula is C20H24N2O4. The van der Waals surface area contributed by atoms with E-state index < -0.39 is 5.97 Å². The first-order chi connectivity index (χ1) is 12.5. The van der Waals surface area contributed by atoms with Crippen LogP contribution in [0.3, 0.4) is 0 Å². The number of nitrogens with zero attached hydrogens (tertiary/aromatic N) is 2. The molecule has 138 valence electrons. The maximum atomic E-state index is 12.6. The van der Waals surface area contributed by atoms with Gasteiger partial charge in [-0.15, -0.1) is 0 Å². The minimum atomic E-state index is -0.920. The number of carboxylic acids is 1.